The second kappa shape index (κ2) is 5.62. The number of amides is 1. The fraction of sp³-hybridized carbons (Fsp3) is 0.267. The lowest BCUT2D eigenvalue weighted by atomic mass is 10.2. The molecule has 1 fully saturated rings. The van der Waals surface area contributed by atoms with Gasteiger partial charge in [0.1, 0.15) is 17.0 Å². The molecular formula is C15H14FN5OS. The molecule has 1 aliphatic heterocycles. The standard InChI is InChI=1S/C15H14FN5OS/c16-11-1-3-12(4-2-11)19-5-7-20(8-6-19)14(22)13-9-21-15(18-13)23-10-17-21/h1-4,9-10H,5-8H2. The van der Waals surface area contributed by atoms with Crippen LogP contribution in [-0.4, -0.2) is 51.6 Å². The first kappa shape index (κ1) is 14.1. The van der Waals surface area contributed by atoms with Crippen molar-refractivity contribution >= 4 is 27.9 Å². The first-order valence-electron chi connectivity index (χ1n) is 7.29. The van der Waals surface area contributed by atoms with Crippen LogP contribution in [0.1, 0.15) is 10.5 Å². The molecule has 4 rings (SSSR count). The maximum atomic E-state index is 13.0. The van der Waals surface area contributed by atoms with Crippen molar-refractivity contribution in [3.05, 3.63) is 47.5 Å². The van der Waals surface area contributed by atoms with Crippen LogP contribution >= 0.6 is 11.3 Å². The molecule has 0 bridgehead atoms. The minimum atomic E-state index is -0.240. The summed E-state index contributed by atoms with van der Waals surface area (Å²) in [6, 6.07) is 6.44. The van der Waals surface area contributed by atoms with Crippen molar-refractivity contribution in [1.82, 2.24) is 19.5 Å². The van der Waals surface area contributed by atoms with E-state index in [2.05, 4.69) is 15.0 Å². The Kier molecular flexibility index (Phi) is 3.45. The fourth-order valence-corrected chi connectivity index (χ4v) is 3.33. The summed E-state index contributed by atoms with van der Waals surface area (Å²) in [6.07, 6.45) is 1.67. The lowest BCUT2D eigenvalue weighted by molar-refractivity contribution is 0.0741. The molecule has 1 saturated heterocycles. The molecule has 0 N–H and O–H groups in total. The van der Waals surface area contributed by atoms with Crippen molar-refractivity contribution in [2.75, 3.05) is 31.1 Å². The second-order valence-electron chi connectivity index (χ2n) is 5.35. The van der Waals surface area contributed by atoms with E-state index in [1.165, 1.54) is 23.5 Å². The first-order chi connectivity index (χ1) is 11.2. The fourth-order valence-electron chi connectivity index (χ4n) is 2.72. The smallest absolute Gasteiger partial charge is 0.274 e. The monoisotopic (exact) mass is 331 g/mol. The molecule has 0 aliphatic carbocycles. The molecule has 3 aromatic rings. The number of anilines is 1. The number of nitrogens with zero attached hydrogens (tertiary/aromatic N) is 5. The van der Waals surface area contributed by atoms with E-state index in [1.807, 2.05) is 0 Å². The molecule has 2 aromatic heterocycles. The number of fused-ring (bicyclic) bond motifs is 1. The van der Waals surface area contributed by atoms with Gasteiger partial charge in [-0.05, 0) is 24.3 Å². The number of hydrogen-bond acceptors (Lipinski definition) is 5. The Morgan fingerprint density at radius 1 is 1.13 bits per heavy atom. The van der Waals surface area contributed by atoms with Crippen LogP contribution in [0.4, 0.5) is 10.1 Å². The summed E-state index contributed by atoms with van der Waals surface area (Å²) in [6.45, 7) is 2.68. The van der Waals surface area contributed by atoms with E-state index in [0.29, 0.717) is 18.8 Å². The van der Waals surface area contributed by atoms with Crippen LogP contribution < -0.4 is 4.90 Å². The van der Waals surface area contributed by atoms with Gasteiger partial charge in [-0.25, -0.2) is 13.9 Å². The maximum Gasteiger partial charge on any atom is 0.274 e. The molecule has 0 saturated carbocycles. The molecule has 1 aliphatic rings. The van der Waals surface area contributed by atoms with Crippen LogP contribution in [0.5, 0.6) is 0 Å². The Bertz CT molecular complexity index is 807. The Morgan fingerprint density at radius 3 is 2.57 bits per heavy atom. The van der Waals surface area contributed by atoms with Crippen LogP contribution in [0.3, 0.4) is 0 Å². The highest BCUT2D eigenvalue weighted by Gasteiger charge is 2.24. The zero-order valence-electron chi connectivity index (χ0n) is 12.2. The molecule has 118 valence electrons. The first-order valence-corrected chi connectivity index (χ1v) is 8.17. The van der Waals surface area contributed by atoms with E-state index < -0.39 is 0 Å². The van der Waals surface area contributed by atoms with E-state index in [0.717, 1.165) is 23.7 Å². The summed E-state index contributed by atoms with van der Waals surface area (Å²) in [5.41, 5.74) is 3.10. The SMILES string of the molecule is O=C(c1cn2ncsc2n1)N1CCN(c2ccc(F)cc2)CC1. The van der Waals surface area contributed by atoms with Crippen LogP contribution in [0.25, 0.3) is 4.96 Å². The summed E-state index contributed by atoms with van der Waals surface area (Å²) >= 11 is 1.40. The topological polar surface area (TPSA) is 53.7 Å². The van der Waals surface area contributed by atoms with Gasteiger partial charge in [0.15, 0.2) is 0 Å². The van der Waals surface area contributed by atoms with Crippen molar-refractivity contribution in [3.8, 4) is 0 Å². The van der Waals surface area contributed by atoms with Crippen molar-refractivity contribution in [2.45, 2.75) is 0 Å². The van der Waals surface area contributed by atoms with E-state index >= 15 is 0 Å². The van der Waals surface area contributed by atoms with Crippen molar-refractivity contribution in [3.63, 3.8) is 0 Å². The lowest BCUT2D eigenvalue weighted by Gasteiger charge is -2.35. The number of halogens is 1. The normalized spacial score (nSPS) is 15.3. The molecular weight excluding hydrogens is 317 g/mol. The quantitative estimate of drug-likeness (QED) is 0.720. The van der Waals surface area contributed by atoms with Gasteiger partial charge in [0.25, 0.3) is 5.91 Å². The van der Waals surface area contributed by atoms with Crippen LogP contribution in [0, 0.1) is 5.82 Å². The van der Waals surface area contributed by atoms with Gasteiger partial charge < -0.3 is 9.80 Å². The molecule has 8 heteroatoms. The zero-order chi connectivity index (χ0) is 15.8. The van der Waals surface area contributed by atoms with Crippen molar-refractivity contribution in [2.24, 2.45) is 0 Å². The maximum absolute atomic E-state index is 13.0. The zero-order valence-corrected chi connectivity index (χ0v) is 13.0. The molecule has 23 heavy (non-hydrogen) atoms. The van der Waals surface area contributed by atoms with Crippen molar-refractivity contribution < 1.29 is 9.18 Å². The molecule has 3 heterocycles. The van der Waals surface area contributed by atoms with E-state index in [4.69, 9.17) is 0 Å². The Labute approximate surface area is 135 Å². The largest absolute Gasteiger partial charge is 0.368 e. The third kappa shape index (κ3) is 2.65. The van der Waals surface area contributed by atoms with Gasteiger partial charge in [-0.15, -0.1) is 0 Å². The summed E-state index contributed by atoms with van der Waals surface area (Å²) in [5.74, 6) is -0.308. The summed E-state index contributed by atoms with van der Waals surface area (Å²) in [7, 11) is 0. The lowest BCUT2D eigenvalue weighted by Crippen LogP contribution is -2.48. The van der Waals surface area contributed by atoms with Crippen molar-refractivity contribution in [1.29, 1.82) is 0 Å². The second-order valence-corrected chi connectivity index (χ2v) is 6.16. The molecule has 0 spiro atoms. The molecule has 1 aromatic carbocycles. The van der Waals surface area contributed by atoms with E-state index in [-0.39, 0.29) is 11.7 Å². The van der Waals surface area contributed by atoms with E-state index in [1.54, 1.807) is 33.3 Å². The minimum absolute atomic E-state index is 0.0681. The third-order valence-electron chi connectivity index (χ3n) is 3.96. The van der Waals surface area contributed by atoms with Gasteiger partial charge in [0.05, 0.1) is 6.20 Å². The summed E-state index contributed by atoms with van der Waals surface area (Å²) in [4.78, 5) is 21.5. The van der Waals surface area contributed by atoms with Crippen LogP contribution in [-0.2, 0) is 0 Å². The predicted octanol–water partition coefficient (Wildman–Crippen LogP) is 1.89. The van der Waals surface area contributed by atoms with E-state index in [9.17, 15) is 9.18 Å². The van der Waals surface area contributed by atoms with Gasteiger partial charge in [0.2, 0.25) is 4.96 Å². The number of rotatable bonds is 2. The number of carbonyl (C=O) groups excluding carboxylic acids is 1. The molecule has 6 nitrogen and oxygen atoms in total. The molecule has 0 atom stereocenters. The van der Waals surface area contributed by atoms with Gasteiger partial charge >= 0.3 is 0 Å². The Balaban J connectivity index is 1.43. The number of hydrogen-bond donors (Lipinski definition) is 0. The summed E-state index contributed by atoms with van der Waals surface area (Å²) < 4.78 is 14.6. The van der Waals surface area contributed by atoms with Crippen LogP contribution in [0.2, 0.25) is 0 Å². The van der Waals surface area contributed by atoms with Gasteiger partial charge in [-0.1, -0.05) is 11.3 Å². The number of imidazole rings is 1. The number of benzene rings is 1. The molecule has 0 radical (unpaired) electrons. The van der Waals surface area contributed by atoms with Gasteiger partial charge in [-0.2, -0.15) is 5.10 Å². The number of piperazine rings is 1. The summed E-state index contributed by atoms with van der Waals surface area (Å²) in [5, 5.41) is 4.09. The predicted molar refractivity (Wildman–Crippen MR) is 85.4 cm³/mol. The average molecular weight is 331 g/mol. The average Bonchev–Trinajstić information content (AvgIpc) is 3.17. The minimum Gasteiger partial charge on any atom is -0.368 e. The highest BCUT2D eigenvalue weighted by Crippen LogP contribution is 2.18. The highest BCUT2D eigenvalue weighted by molar-refractivity contribution is 7.14. The molecule has 1 amide bonds. The number of carbonyl (C=O) groups is 1. The Morgan fingerprint density at radius 2 is 1.87 bits per heavy atom. The molecule has 0 unspecified atom stereocenters. The van der Waals surface area contributed by atoms with Gasteiger partial charge in [0, 0.05) is 31.9 Å². The van der Waals surface area contributed by atoms with Crippen LogP contribution in [0.15, 0.2) is 36.0 Å². The van der Waals surface area contributed by atoms with Gasteiger partial charge in [-0.3, -0.25) is 4.79 Å². The third-order valence-corrected chi connectivity index (χ3v) is 4.65. The Hall–Kier alpha value is -2.48. The number of aromatic nitrogens is 3. The highest BCUT2D eigenvalue weighted by atomic mass is 32.1.